The number of urea groups is 1. The zero-order valence-corrected chi connectivity index (χ0v) is 10.7. The second kappa shape index (κ2) is 4.16. The van der Waals surface area contributed by atoms with Crippen LogP contribution < -0.4 is 5.32 Å². The van der Waals surface area contributed by atoms with Crippen molar-refractivity contribution in [3.63, 3.8) is 0 Å². The molecule has 4 nitrogen and oxygen atoms in total. The molecule has 1 saturated carbocycles. The third-order valence-electron chi connectivity index (χ3n) is 4.65. The number of rotatable bonds is 3. The number of amides is 2. The van der Waals surface area contributed by atoms with Gasteiger partial charge in [0.25, 0.3) is 0 Å². The maximum atomic E-state index is 12.1. The van der Waals surface area contributed by atoms with E-state index in [1.807, 2.05) is 11.9 Å². The summed E-state index contributed by atoms with van der Waals surface area (Å²) >= 11 is 0. The van der Waals surface area contributed by atoms with Gasteiger partial charge in [-0.3, -0.25) is 0 Å². The molecule has 4 atom stereocenters. The van der Waals surface area contributed by atoms with Crippen LogP contribution in [0, 0.1) is 5.92 Å². The minimum atomic E-state index is 0.0746. The predicted molar refractivity (Wildman–Crippen MR) is 64.8 cm³/mol. The molecule has 1 N–H and O–H groups in total. The number of hydrogen-bond donors (Lipinski definition) is 1. The average molecular weight is 238 g/mol. The van der Waals surface area contributed by atoms with Gasteiger partial charge in [0, 0.05) is 13.1 Å². The summed E-state index contributed by atoms with van der Waals surface area (Å²) in [5, 5.41) is 3.14. The van der Waals surface area contributed by atoms with Crippen molar-refractivity contribution in [1.29, 1.82) is 0 Å². The quantitative estimate of drug-likeness (QED) is 0.814. The second-order valence-corrected chi connectivity index (χ2v) is 5.85. The Hall–Kier alpha value is -0.770. The highest BCUT2D eigenvalue weighted by molar-refractivity contribution is 5.74. The van der Waals surface area contributed by atoms with Gasteiger partial charge < -0.3 is 15.0 Å². The zero-order chi connectivity index (χ0) is 12.0. The number of carbonyl (C=O) groups is 1. The molecule has 3 rings (SSSR count). The zero-order valence-electron chi connectivity index (χ0n) is 10.7. The Morgan fingerprint density at radius 3 is 2.65 bits per heavy atom. The van der Waals surface area contributed by atoms with Gasteiger partial charge in [0.1, 0.15) is 0 Å². The van der Waals surface area contributed by atoms with Crippen LogP contribution in [0.5, 0.6) is 0 Å². The monoisotopic (exact) mass is 238 g/mol. The van der Waals surface area contributed by atoms with E-state index in [0.29, 0.717) is 12.1 Å². The summed E-state index contributed by atoms with van der Waals surface area (Å²) in [5.74, 6) is 0.724. The topological polar surface area (TPSA) is 41.6 Å². The first-order valence-electron chi connectivity index (χ1n) is 6.84. The van der Waals surface area contributed by atoms with Gasteiger partial charge >= 0.3 is 6.03 Å². The van der Waals surface area contributed by atoms with Gasteiger partial charge in [-0.05, 0) is 44.9 Å². The fourth-order valence-electron chi connectivity index (χ4n) is 3.13. The Morgan fingerprint density at radius 1 is 1.35 bits per heavy atom. The van der Waals surface area contributed by atoms with E-state index in [-0.39, 0.29) is 18.2 Å². The maximum absolute atomic E-state index is 12.1. The van der Waals surface area contributed by atoms with Crippen molar-refractivity contribution in [2.75, 3.05) is 7.05 Å². The van der Waals surface area contributed by atoms with Crippen LogP contribution in [-0.4, -0.2) is 42.3 Å². The second-order valence-electron chi connectivity index (χ2n) is 5.85. The van der Waals surface area contributed by atoms with E-state index in [4.69, 9.17) is 4.74 Å². The van der Waals surface area contributed by atoms with Crippen molar-refractivity contribution in [1.82, 2.24) is 10.2 Å². The molecule has 3 aliphatic rings. The Morgan fingerprint density at radius 2 is 2.12 bits per heavy atom. The Bertz CT molecular complexity index is 317. The van der Waals surface area contributed by atoms with Gasteiger partial charge in [0.15, 0.2) is 0 Å². The molecule has 0 aromatic rings. The SMILES string of the molecule is C[C@H](C1CC1)N(C)C(=O)N[C@H]1C[C@H]2CC[C@H]1O2. The first kappa shape index (κ1) is 11.3. The van der Waals surface area contributed by atoms with E-state index >= 15 is 0 Å². The molecule has 96 valence electrons. The standard InChI is InChI=1S/C13H22N2O2/c1-8(9-3-4-9)15(2)13(16)14-11-7-10-5-6-12(11)17-10/h8-12H,3-7H2,1-2H3,(H,14,16)/t8-,10-,11+,12-/m1/s1. The van der Waals surface area contributed by atoms with Gasteiger partial charge in [0.05, 0.1) is 18.2 Å². The van der Waals surface area contributed by atoms with Crippen molar-refractivity contribution < 1.29 is 9.53 Å². The van der Waals surface area contributed by atoms with Crippen molar-refractivity contribution in [3.8, 4) is 0 Å². The van der Waals surface area contributed by atoms with E-state index < -0.39 is 0 Å². The summed E-state index contributed by atoms with van der Waals surface area (Å²) in [6.07, 6.45) is 6.50. The molecule has 0 unspecified atom stereocenters. The van der Waals surface area contributed by atoms with Gasteiger partial charge in [-0.25, -0.2) is 4.79 Å². The van der Waals surface area contributed by atoms with E-state index in [1.54, 1.807) is 0 Å². The van der Waals surface area contributed by atoms with Crippen LogP contribution >= 0.6 is 0 Å². The van der Waals surface area contributed by atoms with Crippen LogP contribution in [0.25, 0.3) is 0 Å². The lowest BCUT2D eigenvalue weighted by molar-refractivity contribution is 0.0967. The molecule has 0 radical (unpaired) electrons. The van der Waals surface area contributed by atoms with Crippen molar-refractivity contribution >= 4 is 6.03 Å². The van der Waals surface area contributed by atoms with Crippen LogP contribution in [0.4, 0.5) is 4.79 Å². The maximum Gasteiger partial charge on any atom is 0.317 e. The largest absolute Gasteiger partial charge is 0.373 e. The Balaban J connectivity index is 1.52. The van der Waals surface area contributed by atoms with E-state index in [2.05, 4.69) is 12.2 Å². The summed E-state index contributed by atoms with van der Waals surface area (Å²) in [7, 11) is 1.91. The molecule has 2 bridgehead atoms. The number of hydrogen-bond acceptors (Lipinski definition) is 2. The molecule has 0 aromatic heterocycles. The number of ether oxygens (including phenoxy) is 1. The number of nitrogens with zero attached hydrogens (tertiary/aromatic N) is 1. The molecular weight excluding hydrogens is 216 g/mol. The molecule has 17 heavy (non-hydrogen) atoms. The third kappa shape index (κ3) is 2.15. The van der Waals surface area contributed by atoms with Crippen LogP contribution in [0.2, 0.25) is 0 Å². The molecule has 1 aliphatic carbocycles. The highest BCUT2D eigenvalue weighted by Gasteiger charge is 2.42. The molecule has 2 saturated heterocycles. The Kier molecular flexibility index (Phi) is 2.77. The van der Waals surface area contributed by atoms with Crippen molar-refractivity contribution in [2.24, 2.45) is 5.92 Å². The minimum absolute atomic E-state index is 0.0746. The summed E-state index contributed by atoms with van der Waals surface area (Å²) in [4.78, 5) is 14.0. The summed E-state index contributed by atoms with van der Waals surface area (Å²) in [6, 6.07) is 0.690. The number of nitrogens with one attached hydrogen (secondary N) is 1. The lowest BCUT2D eigenvalue weighted by Gasteiger charge is -2.28. The van der Waals surface area contributed by atoms with Gasteiger partial charge in [0.2, 0.25) is 0 Å². The molecule has 2 amide bonds. The van der Waals surface area contributed by atoms with E-state index in [9.17, 15) is 4.79 Å². The highest BCUT2D eigenvalue weighted by Crippen LogP contribution is 2.36. The van der Waals surface area contributed by atoms with Gasteiger partial charge in [-0.15, -0.1) is 0 Å². The highest BCUT2D eigenvalue weighted by atomic mass is 16.5. The molecular formula is C13H22N2O2. The predicted octanol–water partition coefficient (Wildman–Crippen LogP) is 1.75. The summed E-state index contributed by atoms with van der Waals surface area (Å²) < 4.78 is 5.75. The summed E-state index contributed by atoms with van der Waals surface area (Å²) in [5.41, 5.74) is 0. The smallest absolute Gasteiger partial charge is 0.317 e. The molecule has 4 heteroatoms. The van der Waals surface area contributed by atoms with E-state index in [1.165, 1.54) is 19.3 Å². The third-order valence-corrected chi connectivity index (χ3v) is 4.65. The van der Waals surface area contributed by atoms with Crippen molar-refractivity contribution in [3.05, 3.63) is 0 Å². The fraction of sp³-hybridized carbons (Fsp3) is 0.923. The number of fused-ring (bicyclic) bond motifs is 2. The summed E-state index contributed by atoms with van der Waals surface area (Å²) in [6.45, 7) is 2.15. The minimum Gasteiger partial charge on any atom is -0.373 e. The van der Waals surface area contributed by atoms with E-state index in [0.717, 1.165) is 18.8 Å². The molecule has 2 aliphatic heterocycles. The van der Waals surface area contributed by atoms with Gasteiger partial charge in [-0.2, -0.15) is 0 Å². The van der Waals surface area contributed by atoms with Crippen LogP contribution in [0.1, 0.15) is 39.0 Å². The first-order chi connectivity index (χ1) is 8.15. The van der Waals surface area contributed by atoms with Crippen LogP contribution in [0.3, 0.4) is 0 Å². The molecule has 2 heterocycles. The van der Waals surface area contributed by atoms with Crippen LogP contribution in [-0.2, 0) is 4.74 Å². The molecule has 0 aromatic carbocycles. The normalized spacial score (nSPS) is 36.9. The molecule has 0 spiro atoms. The van der Waals surface area contributed by atoms with Crippen LogP contribution in [0.15, 0.2) is 0 Å². The molecule has 3 fully saturated rings. The van der Waals surface area contributed by atoms with Gasteiger partial charge in [-0.1, -0.05) is 0 Å². The lowest BCUT2D eigenvalue weighted by Crippen LogP contribution is -2.49. The average Bonchev–Trinajstić information content (AvgIpc) is 2.98. The first-order valence-corrected chi connectivity index (χ1v) is 6.84. The number of carbonyl (C=O) groups excluding carboxylic acids is 1. The van der Waals surface area contributed by atoms with Crippen molar-refractivity contribution in [2.45, 2.75) is 63.3 Å². The fourth-order valence-corrected chi connectivity index (χ4v) is 3.13. The lowest BCUT2D eigenvalue weighted by atomic mass is 9.96. The Labute approximate surface area is 103 Å².